The van der Waals surface area contributed by atoms with Gasteiger partial charge in [0.15, 0.2) is 0 Å². The Bertz CT molecular complexity index is 772. The lowest BCUT2D eigenvalue weighted by Gasteiger charge is -2.06. The first-order chi connectivity index (χ1) is 9.74. The molecule has 0 aliphatic rings. The maximum absolute atomic E-state index is 11.1. The maximum Gasteiger partial charge on any atom is 0.336 e. The number of carbonyl (C=O) groups is 1. The molecule has 1 heterocycles. The highest BCUT2D eigenvalue weighted by molar-refractivity contribution is 6.03. The Labute approximate surface area is 114 Å². The molecule has 0 atom stereocenters. The minimum absolute atomic E-state index is 0.251. The van der Waals surface area contributed by atoms with Gasteiger partial charge in [0.2, 0.25) is 0 Å². The van der Waals surface area contributed by atoms with Crippen molar-refractivity contribution < 1.29 is 14.6 Å². The van der Waals surface area contributed by atoms with Gasteiger partial charge >= 0.3 is 12.0 Å². The molecule has 0 radical (unpaired) electrons. The zero-order valence-electron chi connectivity index (χ0n) is 10.4. The van der Waals surface area contributed by atoms with Crippen molar-refractivity contribution in [3.05, 3.63) is 60.4 Å². The molecule has 3 rings (SSSR count). The summed E-state index contributed by atoms with van der Waals surface area (Å²) in [5, 5.41) is 10.6. The molecule has 0 unspecified atom stereocenters. The predicted octanol–water partition coefficient (Wildman–Crippen LogP) is 3.12. The third-order valence-electron chi connectivity index (χ3n) is 2.83. The molecule has 1 N–H and O–H groups in total. The van der Waals surface area contributed by atoms with Crippen LogP contribution in [-0.4, -0.2) is 21.0 Å². The Balaban J connectivity index is 2.01. The van der Waals surface area contributed by atoms with Crippen molar-refractivity contribution in [2.75, 3.05) is 0 Å². The van der Waals surface area contributed by atoms with Crippen molar-refractivity contribution in [1.29, 1.82) is 0 Å². The number of ether oxygens (including phenoxy) is 1. The van der Waals surface area contributed by atoms with E-state index in [1.165, 1.54) is 0 Å². The van der Waals surface area contributed by atoms with Crippen LogP contribution in [0.25, 0.3) is 10.8 Å². The third kappa shape index (κ3) is 2.29. The van der Waals surface area contributed by atoms with Gasteiger partial charge in [-0.25, -0.2) is 14.8 Å². The highest BCUT2D eigenvalue weighted by atomic mass is 16.5. The molecule has 0 aliphatic heterocycles. The van der Waals surface area contributed by atoms with E-state index in [0.717, 1.165) is 5.39 Å². The van der Waals surface area contributed by atoms with Crippen molar-refractivity contribution in [3.8, 4) is 11.8 Å². The third-order valence-corrected chi connectivity index (χ3v) is 2.83. The number of aromatic nitrogens is 2. The summed E-state index contributed by atoms with van der Waals surface area (Å²) in [6.45, 7) is 0. The van der Waals surface area contributed by atoms with Crippen LogP contribution in [0.5, 0.6) is 11.8 Å². The number of benzene rings is 2. The van der Waals surface area contributed by atoms with E-state index >= 15 is 0 Å². The van der Waals surface area contributed by atoms with Crippen molar-refractivity contribution in [2.24, 2.45) is 0 Å². The van der Waals surface area contributed by atoms with E-state index in [2.05, 4.69) is 9.97 Å². The molecule has 0 amide bonds. The summed E-state index contributed by atoms with van der Waals surface area (Å²) < 4.78 is 5.52. The summed E-state index contributed by atoms with van der Waals surface area (Å²) >= 11 is 0. The van der Waals surface area contributed by atoms with Crippen LogP contribution in [0.3, 0.4) is 0 Å². The number of fused-ring (bicyclic) bond motifs is 1. The van der Waals surface area contributed by atoms with Gasteiger partial charge in [0.05, 0.1) is 5.56 Å². The number of nitrogens with zero attached hydrogens (tertiary/aromatic N) is 2. The second kappa shape index (κ2) is 4.97. The molecule has 20 heavy (non-hydrogen) atoms. The molecule has 0 saturated heterocycles. The number of rotatable bonds is 3. The standard InChI is InChI=1S/C15H10N2O3/c18-14(19)13-4-1-3-10-9-11(5-6-12(10)13)20-15-16-7-2-8-17-15/h1-9H,(H,18,19). The zero-order chi connectivity index (χ0) is 13.9. The SMILES string of the molecule is O=C(O)c1cccc2cc(Oc3ncccn3)ccc12. The Morgan fingerprint density at radius 3 is 2.60 bits per heavy atom. The van der Waals surface area contributed by atoms with Crippen molar-refractivity contribution in [2.45, 2.75) is 0 Å². The summed E-state index contributed by atoms with van der Waals surface area (Å²) in [5.41, 5.74) is 0.269. The fourth-order valence-corrected chi connectivity index (χ4v) is 1.96. The van der Waals surface area contributed by atoms with E-state index < -0.39 is 5.97 Å². The average molecular weight is 266 g/mol. The molecule has 3 aromatic rings. The minimum Gasteiger partial charge on any atom is -0.478 e. The van der Waals surface area contributed by atoms with Crippen LogP contribution in [0.1, 0.15) is 10.4 Å². The van der Waals surface area contributed by atoms with Gasteiger partial charge in [0.25, 0.3) is 0 Å². The average Bonchev–Trinajstić information content (AvgIpc) is 2.47. The van der Waals surface area contributed by atoms with Crippen LogP contribution in [0, 0.1) is 0 Å². The van der Waals surface area contributed by atoms with Gasteiger partial charge in [-0.3, -0.25) is 0 Å². The highest BCUT2D eigenvalue weighted by Crippen LogP contribution is 2.26. The van der Waals surface area contributed by atoms with Gasteiger partial charge in [0, 0.05) is 12.4 Å². The Hall–Kier alpha value is -2.95. The first-order valence-corrected chi connectivity index (χ1v) is 5.95. The second-order valence-corrected chi connectivity index (χ2v) is 4.13. The lowest BCUT2D eigenvalue weighted by atomic mass is 10.0. The number of carboxylic acid groups (broad SMARTS) is 1. The smallest absolute Gasteiger partial charge is 0.336 e. The summed E-state index contributed by atoms with van der Waals surface area (Å²) in [7, 11) is 0. The van der Waals surface area contributed by atoms with Crippen LogP contribution in [0.15, 0.2) is 54.9 Å². The Kier molecular flexibility index (Phi) is 3.01. The van der Waals surface area contributed by atoms with Crippen molar-refractivity contribution in [3.63, 3.8) is 0 Å². The van der Waals surface area contributed by atoms with E-state index in [0.29, 0.717) is 11.1 Å². The van der Waals surface area contributed by atoms with Crippen LogP contribution in [-0.2, 0) is 0 Å². The van der Waals surface area contributed by atoms with Gasteiger partial charge in [-0.15, -0.1) is 0 Å². The van der Waals surface area contributed by atoms with Crippen LogP contribution in [0.2, 0.25) is 0 Å². The van der Waals surface area contributed by atoms with Gasteiger partial charge in [-0.05, 0) is 41.1 Å². The monoisotopic (exact) mass is 266 g/mol. The summed E-state index contributed by atoms with van der Waals surface area (Å²) in [6.07, 6.45) is 3.18. The summed E-state index contributed by atoms with van der Waals surface area (Å²) in [4.78, 5) is 19.1. The first-order valence-electron chi connectivity index (χ1n) is 5.95. The Morgan fingerprint density at radius 1 is 1.05 bits per heavy atom. The summed E-state index contributed by atoms with van der Waals surface area (Å²) in [6, 6.07) is 12.2. The molecular formula is C15H10N2O3. The van der Waals surface area contributed by atoms with Gasteiger partial charge in [-0.2, -0.15) is 0 Å². The molecule has 0 fully saturated rings. The first kappa shape index (κ1) is 12.1. The highest BCUT2D eigenvalue weighted by Gasteiger charge is 2.09. The lowest BCUT2D eigenvalue weighted by molar-refractivity contribution is 0.0699. The number of hydrogen-bond acceptors (Lipinski definition) is 4. The van der Waals surface area contributed by atoms with E-state index in [-0.39, 0.29) is 11.6 Å². The number of carboxylic acids is 1. The normalized spacial score (nSPS) is 10.4. The molecular weight excluding hydrogens is 256 g/mol. The van der Waals surface area contributed by atoms with Crippen molar-refractivity contribution >= 4 is 16.7 Å². The van der Waals surface area contributed by atoms with Crippen LogP contribution >= 0.6 is 0 Å². The molecule has 98 valence electrons. The molecule has 5 heteroatoms. The van der Waals surface area contributed by atoms with E-state index in [1.807, 2.05) is 6.07 Å². The quantitative estimate of drug-likeness (QED) is 0.788. The molecule has 0 bridgehead atoms. The van der Waals surface area contributed by atoms with Gasteiger partial charge in [0.1, 0.15) is 5.75 Å². The largest absolute Gasteiger partial charge is 0.478 e. The van der Waals surface area contributed by atoms with Gasteiger partial charge < -0.3 is 9.84 Å². The van der Waals surface area contributed by atoms with E-state index in [1.54, 1.807) is 48.8 Å². The second-order valence-electron chi connectivity index (χ2n) is 4.13. The topological polar surface area (TPSA) is 72.3 Å². The molecule has 1 aromatic heterocycles. The molecule has 0 spiro atoms. The Morgan fingerprint density at radius 2 is 1.85 bits per heavy atom. The van der Waals surface area contributed by atoms with Crippen molar-refractivity contribution in [1.82, 2.24) is 9.97 Å². The molecule has 5 nitrogen and oxygen atoms in total. The van der Waals surface area contributed by atoms with Crippen LogP contribution in [0.4, 0.5) is 0 Å². The summed E-state index contributed by atoms with van der Waals surface area (Å²) in [5.74, 6) is -0.387. The predicted molar refractivity (Wildman–Crippen MR) is 73.0 cm³/mol. The fourth-order valence-electron chi connectivity index (χ4n) is 1.96. The molecule has 0 saturated carbocycles. The molecule has 2 aromatic carbocycles. The zero-order valence-corrected chi connectivity index (χ0v) is 10.4. The minimum atomic E-state index is -0.948. The van der Waals surface area contributed by atoms with Crippen LogP contribution < -0.4 is 4.74 Å². The molecule has 0 aliphatic carbocycles. The lowest BCUT2D eigenvalue weighted by Crippen LogP contribution is -1.97. The maximum atomic E-state index is 11.1. The number of aromatic carboxylic acids is 1. The van der Waals surface area contributed by atoms with E-state index in [4.69, 9.17) is 9.84 Å². The van der Waals surface area contributed by atoms with Gasteiger partial charge in [-0.1, -0.05) is 12.1 Å². The fraction of sp³-hybridized carbons (Fsp3) is 0. The number of hydrogen-bond donors (Lipinski definition) is 1. The van der Waals surface area contributed by atoms with E-state index in [9.17, 15) is 4.79 Å².